The number of hydrogen-bond donors (Lipinski definition) is 1. The molecule has 142 valence electrons. The molecule has 0 fully saturated rings. The summed E-state index contributed by atoms with van der Waals surface area (Å²) in [7, 11) is -3.85. The van der Waals surface area contributed by atoms with Gasteiger partial charge in [0.15, 0.2) is 11.5 Å². The number of fused-ring (bicyclic) bond motifs is 2. The molecule has 2 aliphatic heterocycles. The molecule has 0 aliphatic carbocycles. The van der Waals surface area contributed by atoms with Gasteiger partial charge in [-0.25, -0.2) is 13.1 Å². The highest BCUT2D eigenvalue weighted by molar-refractivity contribution is 7.89. The fourth-order valence-corrected chi connectivity index (χ4v) is 4.45. The van der Waals surface area contributed by atoms with Gasteiger partial charge in [-0.2, -0.15) is 0 Å². The van der Waals surface area contributed by atoms with E-state index < -0.39 is 10.0 Å². The monoisotopic (exact) mass is 388 g/mol. The van der Waals surface area contributed by atoms with Crippen LogP contribution in [0.5, 0.6) is 11.5 Å². The molecule has 0 spiro atoms. The quantitative estimate of drug-likeness (QED) is 0.862. The van der Waals surface area contributed by atoms with Crippen LogP contribution in [-0.2, 0) is 21.2 Å². The molecular weight excluding hydrogens is 368 g/mol. The predicted molar refractivity (Wildman–Crippen MR) is 99.7 cm³/mol. The fraction of sp³-hybridized carbons (Fsp3) is 0.316. The molecule has 1 atom stereocenters. The Labute approximate surface area is 157 Å². The summed E-state index contributed by atoms with van der Waals surface area (Å²) >= 11 is 0. The second-order valence-electron chi connectivity index (χ2n) is 6.58. The molecule has 2 aromatic carbocycles. The van der Waals surface area contributed by atoms with Crippen LogP contribution < -0.4 is 19.1 Å². The molecule has 0 saturated heterocycles. The lowest BCUT2D eigenvalue weighted by Crippen LogP contribution is -2.43. The van der Waals surface area contributed by atoms with Crippen LogP contribution in [0.15, 0.2) is 47.4 Å². The Morgan fingerprint density at radius 3 is 2.70 bits per heavy atom. The van der Waals surface area contributed by atoms with Crippen molar-refractivity contribution in [2.24, 2.45) is 0 Å². The number of carbonyl (C=O) groups is 1. The van der Waals surface area contributed by atoms with Crippen LogP contribution in [0.4, 0.5) is 5.69 Å². The number of hydrogen-bond acceptors (Lipinski definition) is 5. The van der Waals surface area contributed by atoms with Gasteiger partial charge in [0.05, 0.1) is 11.4 Å². The van der Waals surface area contributed by atoms with Crippen molar-refractivity contribution in [2.45, 2.75) is 24.3 Å². The van der Waals surface area contributed by atoms with Gasteiger partial charge < -0.3 is 14.4 Å². The molecule has 4 rings (SSSR count). The Balaban J connectivity index is 1.49. The number of nitrogens with zero attached hydrogens (tertiary/aromatic N) is 1. The third-order valence-corrected chi connectivity index (χ3v) is 6.11. The lowest BCUT2D eigenvalue weighted by molar-refractivity contribution is -0.117. The fourth-order valence-electron chi connectivity index (χ4n) is 3.46. The van der Waals surface area contributed by atoms with Crippen molar-refractivity contribution in [3.63, 3.8) is 0 Å². The SMILES string of the molecule is CC1Cc2ccccc2N1C(=O)CNS(=O)(=O)c1ccc2c(c1)OCCO2. The van der Waals surface area contributed by atoms with Crippen LogP contribution in [0.1, 0.15) is 12.5 Å². The lowest BCUT2D eigenvalue weighted by atomic mass is 10.1. The van der Waals surface area contributed by atoms with Crippen molar-refractivity contribution in [3.05, 3.63) is 48.0 Å². The van der Waals surface area contributed by atoms with Gasteiger partial charge in [0.2, 0.25) is 15.9 Å². The smallest absolute Gasteiger partial charge is 0.242 e. The molecular formula is C19H20N2O5S. The number of carbonyl (C=O) groups excluding carboxylic acids is 1. The summed E-state index contributed by atoms with van der Waals surface area (Å²) < 4.78 is 38.4. The third kappa shape index (κ3) is 3.38. The average molecular weight is 388 g/mol. The largest absolute Gasteiger partial charge is 0.486 e. The molecule has 0 aromatic heterocycles. The highest BCUT2D eigenvalue weighted by Gasteiger charge is 2.31. The van der Waals surface area contributed by atoms with E-state index in [0.717, 1.165) is 17.7 Å². The maximum Gasteiger partial charge on any atom is 0.242 e. The maximum absolute atomic E-state index is 12.7. The second-order valence-corrected chi connectivity index (χ2v) is 8.34. The molecule has 1 N–H and O–H groups in total. The van der Waals surface area contributed by atoms with E-state index >= 15 is 0 Å². The van der Waals surface area contributed by atoms with Gasteiger partial charge in [-0.3, -0.25) is 4.79 Å². The van der Waals surface area contributed by atoms with E-state index in [1.54, 1.807) is 11.0 Å². The number of para-hydroxylation sites is 1. The van der Waals surface area contributed by atoms with Crippen LogP contribution in [0.2, 0.25) is 0 Å². The van der Waals surface area contributed by atoms with Crippen LogP contribution in [0, 0.1) is 0 Å². The molecule has 7 nitrogen and oxygen atoms in total. The summed E-state index contributed by atoms with van der Waals surface area (Å²) in [5.41, 5.74) is 1.93. The first-order valence-electron chi connectivity index (χ1n) is 8.75. The van der Waals surface area contributed by atoms with Gasteiger partial charge in [-0.1, -0.05) is 18.2 Å². The zero-order valence-corrected chi connectivity index (χ0v) is 15.7. The molecule has 8 heteroatoms. The highest BCUT2D eigenvalue weighted by Crippen LogP contribution is 2.33. The minimum absolute atomic E-state index is 0.00584. The number of ether oxygens (including phenoxy) is 2. The van der Waals surface area contributed by atoms with E-state index in [2.05, 4.69) is 4.72 Å². The average Bonchev–Trinajstić information content (AvgIpc) is 3.01. The van der Waals surface area contributed by atoms with Crippen LogP contribution in [0.25, 0.3) is 0 Å². The van der Waals surface area contributed by atoms with Crippen molar-refractivity contribution in [1.29, 1.82) is 0 Å². The van der Waals surface area contributed by atoms with Gasteiger partial charge in [-0.15, -0.1) is 0 Å². The minimum Gasteiger partial charge on any atom is -0.486 e. The predicted octanol–water partition coefficient (Wildman–Crippen LogP) is 1.71. The lowest BCUT2D eigenvalue weighted by Gasteiger charge is -2.23. The van der Waals surface area contributed by atoms with Gasteiger partial charge in [0.1, 0.15) is 13.2 Å². The molecule has 2 heterocycles. The normalized spacial score (nSPS) is 18.3. The Kier molecular flexibility index (Phi) is 4.53. The van der Waals surface area contributed by atoms with Crippen molar-refractivity contribution in [2.75, 3.05) is 24.7 Å². The molecule has 2 aromatic rings. The number of amides is 1. The molecule has 0 bridgehead atoms. The molecule has 1 amide bonds. The van der Waals surface area contributed by atoms with Gasteiger partial charge in [0, 0.05) is 17.8 Å². The van der Waals surface area contributed by atoms with E-state index in [-0.39, 0.29) is 23.4 Å². The zero-order valence-electron chi connectivity index (χ0n) is 14.8. The summed E-state index contributed by atoms with van der Waals surface area (Å²) in [6.45, 7) is 2.44. The van der Waals surface area contributed by atoms with E-state index in [9.17, 15) is 13.2 Å². The summed E-state index contributed by atoms with van der Waals surface area (Å²) in [5.74, 6) is 0.616. The number of sulfonamides is 1. The summed E-state index contributed by atoms with van der Waals surface area (Å²) in [6, 6.07) is 12.1. The first-order valence-corrected chi connectivity index (χ1v) is 10.2. The summed E-state index contributed by atoms with van der Waals surface area (Å²) in [5, 5.41) is 0. The first kappa shape index (κ1) is 17.8. The van der Waals surface area contributed by atoms with Crippen LogP contribution >= 0.6 is 0 Å². The van der Waals surface area contributed by atoms with Gasteiger partial charge >= 0.3 is 0 Å². The van der Waals surface area contributed by atoms with Crippen molar-refractivity contribution in [3.8, 4) is 11.5 Å². The Hall–Kier alpha value is -2.58. The standard InChI is InChI=1S/C19H20N2O5S/c1-13-10-14-4-2-3-5-16(14)21(13)19(22)12-20-27(23,24)15-6-7-17-18(11-15)26-9-8-25-17/h2-7,11,13,20H,8-10,12H2,1H3. The second kappa shape index (κ2) is 6.86. The van der Waals surface area contributed by atoms with Crippen molar-refractivity contribution < 1.29 is 22.7 Å². The van der Waals surface area contributed by atoms with E-state index in [1.165, 1.54) is 12.1 Å². The first-order chi connectivity index (χ1) is 13.0. The van der Waals surface area contributed by atoms with E-state index in [0.29, 0.717) is 24.7 Å². The maximum atomic E-state index is 12.7. The van der Waals surface area contributed by atoms with E-state index in [1.807, 2.05) is 31.2 Å². The molecule has 0 radical (unpaired) electrons. The van der Waals surface area contributed by atoms with Crippen molar-refractivity contribution >= 4 is 21.6 Å². The number of anilines is 1. The molecule has 1 unspecified atom stereocenters. The van der Waals surface area contributed by atoms with Crippen molar-refractivity contribution in [1.82, 2.24) is 4.72 Å². The molecule has 0 saturated carbocycles. The highest BCUT2D eigenvalue weighted by atomic mass is 32.2. The van der Waals surface area contributed by atoms with E-state index in [4.69, 9.17) is 9.47 Å². The summed E-state index contributed by atoms with van der Waals surface area (Å²) in [4.78, 5) is 14.4. The molecule has 27 heavy (non-hydrogen) atoms. The number of benzene rings is 2. The third-order valence-electron chi connectivity index (χ3n) is 4.71. The minimum atomic E-state index is -3.85. The Bertz CT molecular complexity index is 989. The molecule has 2 aliphatic rings. The zero-order chi connectivity index (χ0) is 19.0. The summed E-state index contributed by atoms with van der Waals surface area (Å²) in [6.07, 6.45) is 0.761. The topological polar surface area (TPSA) is 84.9 Å². The Morgan fingerprint density at radius 1 is 1.15 bits per heavy atom. The van der Waals surface area contributed by atoms with Gasteiger partial charge in [0.25, 0.3) is 0 Å². The van der Waals surface area contributed by atoms with Crippen LogP contribution in [-0.4, -0.2) is 40.1 Å². The Morgan fingerprint density at radius 2 is 1.89 bits per heavy atom. The number of rotatable bonds is 4. The van der Waals surface area contributed by atoms with Gasteiger partial charge in [-0.05, 0) is 37.1 Å². The van der Waals surface area contributed by atoms with Crippen LogP contribution in [0.3, 0.4) is 0 Å². The number of nitrogens with one attached hydrogen (secondary N) is 1.